The van der Waals surface area contributed by atoms with Crippen LogP contribution in [0.25, 0.3) is 0 Å². The summed E-state index contributed by atoms with van der Waals surface area (Å²) in [6.07, 6.45) is 27.4. The minimum atomic E-state index is -0.144. The third-order valence-electron chi connectivity index (χ3n) is 9.16. The summed E-state index contributed by atoms with van der Waals surface area (Å²) < 4.78 is 38.1. The molecule has 43 heavy (non-hydrogen) atoms. The zero-order chi connectivity index (χ0) is 30.1. The van der Waals surface area contributed by atoms with Crippen LogP contribution in [0, 0.1) is 11.8 Å². The molecule has 3 aliphatic heterocycles. The van der Waals surface area contributed by atoms with Gasteiger partial charge in [0.25, 0.3) is 0 Å². The Hall–Kier alpha value is -1.06. The van der Waals surface area contributed by atoms with Crippen molar-refractivity contribution in [3.8, 4) is 0 Å². The van der Waals surface area contributed by atoms with Crippen molar-refractivity contribution in [3.05, 3.63) is 36.0 Å². The van der Waals surface area contributed by atoms with E-state index in [-0.39, 0.29) is 55.6 Å². The molecule has 0 aromatic heterocycles. The highest BCUT2D eigenvalue weighted by Gasteiger charge is 2.45. The van der Waals surface area contributed by atoms with Gasteiger partial charge in [-0.3, -0.25) is 0 Å². The second-order valence-corrected chi connectivity index (χ2v) is 13.1. The maximum absolute atomic E-state index is 9.17. The SMILES string of the molecule is CC(C)=CCC[C@@H](/C=C/[C@@H]1[C@@H](C/C=C\CCCCO)[C@@H](OC2CCCCO2)C[C@H]1OC1CCCCO1)OC1CCCCO1. The van der Waals surface area contributed by atoms with E-state index in [1.165, 1.54) is 5.57 Å². The van der Waals surface area contributed by atoms with Gasteiger partial charge in [-0.2, -0.15) is 0 Å². The van der Waals surface area contributed by atoms with Gasteiger partial charge in [0.05, 0.1) is 18.3 Å². The van der Waals surface area contributed by atoms with Crippen LogP contribution in [0.1, 0.15) is 117 Å². The van der Waals surface area contributed by atoms with E-state index in [0.717, 1.165) is 123 Å². The summed E-state index contributed by atoms with van der Waals surface area (Å²) in [6, 6.07) is 0. The van der Waals surface area contributed by atoms with Crippen LogP contribution in [0.2, 0.25) is 0 Å². The number of aliphatic hydroxyl groups excluding tert-OH is 1. The molecule has 1 saturated carbocycles. The lowest BCUT2D eigenvalue weighted by Gasteiger charge is -2.30. The standard InChI is InChI=1S/C36H60O7/c1-28(2)15-14-16-29(41-34-18-7-11-24-38-34)21-22-31-30(17-6-4-3-5-10-23-37)32(42-35-19-8-12-25-39-35)27-33(31)43-36-20-9-13-26-40-36/h4,6,15,21-22,29-37H,3,5,7-14,16-20,23-27H2,1-2H3/b6-4-,22-21+/t29-,30+,31+,32-,33+,34?,35?,36?/m0/s1. The molecule has 0 amide bonds. The van der Waals surface area contributed by atoms with Crippen LogP contribution in [-0.4, -0.2) is 68.7 Å². The third kappa shape index (κ3) is 12.7. The Morgan fingerprint density at radius 3 is 2.05 bits per heavy atom. The Balaban J connectivity index is 1.52. The first-order chi connectivity index (χ1) is 21.1. The van der Waals surface area contributed by atoms with Crippen molar-refractivity contribution in [3.63, 3.8) is 0 Å². The van der Waals surface area contributed by atoms with E-state index in [2.05, 4.69) is 44.2 Å². The van der Waals surface area contributed by atoms with E-state index < -0.39 is 0 Å². The molecule has 7 heteroatoms. The highest BCUT2D eigenvalue weighted by molar-refractivity contribution is 5.08. The molecule has 4 rings (SSSR count). The van der Waals surface area contributed by atoms with Gasteiger partial charge in [-0.1, -0.05) is 36.0 Å². The molecule has 0 aromatic carbocycles. The number of hydrogen-bond donors (Lipinski definition) is 1. The van der Waals surface area contributed by atoms with Gasteiger partial charge in [-0.25, -0.2) is 0 Å². The lowest BCUT2D eigenvalue weighted by Crippen LogP contribution is -2.31. The summed E-state index contributed by atoms with van der Waals surface area (Å²) in [5.41, 5.74) is 1.34. The van der Waals surface area contributed by atoms with E-state index in [1.807, 2.05) is 0 Å². The van der Waals surface area contributed by atoms with E-state index in [0.29, 0.717) is 0 Å². The predicted octanol–water partition coefficient (Wildman–Crippen LogP) is 7.77. The zero-order valence-corrected chi connectivity index (χ0v) is 27.0. The predicted molar refractivity (Wildman–Crippen MR) is 169 cm³/mol. The largest absolute Gasteiger partial charge is 0.396 e. The number of aliphatic hydroxyl groups is 1. The van der Waals surface area contributed by atoms with Crippen LogP contribution in [-0.2, 0) is 28.4 Å². The topological polar surface area (TPSA) is 75.6 Å². The summed E-state index contributed by atoms with van der Waals surface area (Å²) in [5.74, 6) is 0.455. The Bertz CT molecular complexity index is 819. The van der Waals surface area contributed by atoms with Crippen molar-refractivity contribution in [1.29, 1.82) is 0 Å². The van der Waals surface area contributed by atoms with Gasteiger partial charge in [0.15, 0.2) is 18.9 Å². The van der Waals surface area contributed by atoms with Crippen LogP contribution in [0.4, 0.5) is 0 Å². The lowest BCUT2D eigenvalue weighted by molar-refractivity contribution is -0.203. The second kappa shape index (κ2) is 20.1. The molecule has 0 bridgehead atoms. The van der Waals surface area contributed by atoms with Crippen molar-refractivity contribution in [2.45, 2.75) is 154 Å². The lowest BCUT2D eigenvalue weighted by atomic mass is 9.89. The normalized spacial score (nSPS) is 32.9. The first-order valence-electron chi connectivity index (χ1n) is 17.5. The number of ether oxygens (including phenoxy) is 6. The maximum Gasteiger partial charge on any atom is 0.158 e. The Morgan fingerprint density at radius 2 is 1.44 bits per heavy atom. The van der Waals surface area contributed by atoms with Crippen LogP contribution in [0.5, 0.6) is 0 Å². The molecule has 3 saturated heterocycles. The minimum absolute atomic E-state index is 0.0124. The Labute approximate surface area is 261 Å². The summed E-state index contributed by atoms with van der Waals surface area (Å²) in [5, 5.41) is 9.17. The van der Waals surface area contributed by atoms with Gasteiger partial charge in [0.1, 0.15) is 0 Å². The number of unbranched alkanes of at least 4 members (excludes halogenated alkanes) is 2. The molecule has 7 nitrogen and oxygen atoms in total. The first kappa shape index (κ1) is 34.8. The smallest absolute Gasteiger partial charge is 0.158 e. The number of allylic oxidation sites excluding steroid dienone is 4. The summed E-state index contributed by atoms with van der Waals surface area (Å²) >= 11 is 0. The maximum atomic E-state index is 9.17. The molecular formula is C36H60O7. The fourth-order valence-corrected chi connectivity index (χ4v) is 6.75. The Kier molecular flexibility index (Phi) is 16.3. The van der Waals surface area contributed by atoms with Gasteiger partial charge in [0, 0.05) is 38.8 Å². The van der Waals surface area contributed by atoms with E-state index >= 15 is 0 Å². The molecule has 0 spiro atoms. The van der Waals surface area contributed by atoms with Crippen LogP contribution < -0.4 is 0 Å². The molecule has 4 aliphatic rings. The van der Waals surface area contributed by atoms with Crippen LogP contribution in [0.3, 0.4) is 0 Å². The molecule has 4 fully saturated rings. The van der Waals surface area contributed by atoms with Crippen molar-refractivity contribution in [2.75, 3.05) is 26.4 Å². The summed E-state index contributed by atoms with van der Waals surface area (Å²) in [4.78, 5) is 0. The van der Waals surface area contributed by atoms with Gasteiger partial charge >= 0.3 is 0 Å². The van der Waals surface area contributed by atoms with Gasteiger partial charge < -0.3 is 33.5 Å². The highest BCUT2D eigenvalue weighted by atomic mass is 16.7. The van der Waals surface area contributed by atoms with E-state index in [1.54, 1.807) is 0 Å². The molecule has 3 heterocycles. The zero-order valence-electron chi connectivity index (χ0n) is 27.0. The average molecular weight is 605 g/mol. The molecule has 1 N–H and O–H groups in total. The highest BCUT2D eigenvalue weighted by Crippen LogP contribution is 2.42. The van der Waals surface area contributed by atoms with Crippen molar-refractivity contribution in [1.82, 2.24) is 0 Å². The van der Waals surface area contributed by atoms with Crippen LogP contribution in [0.15, 0.2) is 36.0 Å². The second-order valence-electron chi connectivity index (χ2n) is 13.1. The van der Waals surface area contributed by atoms with Gasteiger partial charge in [-0.15, -0.1) is 0 Å². The summed E-state index contributed by atoms with van der Waals surface area (Å²) in [7, 11) is 0. The molecule has 0 radical (unpaired) electrons. The van der Waals surface area contributed by atoms with E-state index in [4.69, 9.17) is 33.5 Å². The first-order valence-corrected chi connectivity index (χ1v) is 17.5. The van der Waals surface area contributed by atoms with Crippen molar-refractivity contribution < 1.29 is 33.5 Å². The Morgan fingerprint density at radius 1 is 0.791 bits per heavy atom. The molecule has 3 unspecified atom stereocenters. The average Bonchev–Trinajstić information content (AvgIpc) is 3.33. The molecule has 246 valence electrons. The quantitative estimate of drug-likeness (QED) is 0.134. The molecule has 8 atom stereocenters. The van der Waals surface area contributed by atoms with Crippen LogP contribution >= 0.6 is 0 Å². The van der Waals surface area contributed by atoms with Crippen molar-refractivity contribution >= 4 is 0 Å². The number of hydrogen-bond acceptors (Lipinski definition) is 7. The fourth-order valence-electron chi connectivity index (χ4n) is 6.75. The van der Waals surface area contributed by atoms with Crippen molar-refractivity contribution in [2.24, 2.45) is 11.8 Å². The number of rotatable bonds is 17. The van der Waals surface area contributed by atoms with Gasteiger partial charge in [-0.05, 0) is 116 Å². The molecule has 0 aromatic rings. The summed E-state index contributed by atoms with van der Waals surface area (Å²) in [6.45, 7) is 6.90. The fraction of sp³-hybridized carbons (Fsp3) is 0.833. The van der Waals surface area contributed by atoms with E-state index in [9.17, 15) is 0 Å². The monoisotopic (exact) mass is 604 g/mol. The van der Waals surface area contributed by atoms with Gasteiger partial charge in [0.2, 0.25) is 0 Å². The molecular weight excluding hydrogens is 544 g/mol. The molecule has 1 aliphatic carbocycles. The third-order valence-corrected chi connectivity index (χ3v) is 9.16. The minimum Gasteiger partial charge on any atom is -0.396 e.